The molecule has 1 heterocycles. The van der Waals surface area contributed by atoms with E-state index in [1.54, 1.807) is 19.4 Å². The number of methoxy groups -OCH3 is 1. The zero-order chi connectivity index (χ0) is 16.0. The Morgan fingerprint density at radius 1 is 1.43 bits per heavy atom. The lowest BCUT2D eigenvalue weighted by Gasteiger charge is -2.14. The fourth-order valence-corrected chi connectivity index (χ4v) is 2.60. The van der Waals surface area contributed by atoms with E-state index < -0.39 is 0 Å². The van der Waals surface area contributed by atoms with Gasteiger partial charge in [-0.15, -0.1) is 0 Å². The van der Waals surface area contributed by atoms with Crippen molar-refractivity contribution < 1.29 is 4.74 Å². The van der Waals surface area contributed by atoms with Crippen molar-refractivity contribution in [2.75, 3.05) is 18.6 Å². The monoisotopic (exact) mass is 306 g/mol. The van der Waals surface area contributed by atoms with Crippen molar-refractivity contribution in [1.82, 2.24) is 9.97 Å². The van der Waals surface area contributed by atoms with Crippen molar-refractivity contribution in [2.24, 2.45) is 5.92 Å². The fraction of sp³-hybridized carbons (Fsp3) is 0.333. The molecule has 0 atom stereocenters. The molecular weight excluding hydrogens is 284 g/mol. The molecule has 1 rings (SSSR count). The summed E-state index contributed by atoms with van der Waals surface area (Å²) in [5, 5.41) is 0. The van der Waals surface area contributed by atoms with E-state index in [1.807, 2.05) is 13.0 Å². The summed E-state index contributed by atoms with van der Waals surface area (Å²) in [6, 6.07) is 0. The molecule has 0 unspecified atom stereocenters. The van der Waals surface area contributed by atoms with E-state index in [4.69, 9.17) is 16.2 Å². The van der Waals surface area contributed by atoms with Gasteiger partial charge in [0.1, 0.15) is 5.82 Å². The van der Waals surface area contributed by atoms with Crippen LogP contribution >= 0.6 is 11.8 Å². The van der Waals surface area contributed by atoms with Crippen LogP contribution in [0.1, 0.15) is 20.8 Å². The third kappa shape index (κ3) is 4.82. The lowest BCUT2D eigenvalue weighted by Crippen LogP contribution is -2.01. The molecule has 1 aromatic rings. The summed E-state index contributed by atoms with van der Waals surface area (Å²) in [6.07, 6.45) is 5.43. The number of rotatable bonds is 6. The first kappa shape index (κ1) is 17.1. The Hall–Kier alpha value is -1.95. The molecule has 0 aliphatic heterocycles. The van der Waals surface area contributed by atoms with Crippen molar-refractivity contribution >= 4 is 23.5 Å². The molecule has 6 heteroatoms. The molecule has 0 bridgehead atoms. The predicted molar refractivity (Wildman–Crippen MR) is 89.5 cm³/mol. The SMILES string of the molecule is C=C/C(Sc1cnc(N)nc1N)=C(\C=C(/C)OC)C(C)C. The van der Waals surface area contributed by atoms with Gasteiger partial charge in [0.2, 0.25) is 5.95 Å². The van der Waals surface area contributed by atoms with Gasteiger partial charge in [-0.05, 0) is 24.5 Å². The topological polar surface area (TPSA) is 87.0 Å². The molecule has 0 saturated carbocycles. The van der Waals surface area contributed by atoms with Gasteiger partial charge in [0.25, 0.3) is 0 Å². The summed E-state index contributed by atoms with van der Waals surface area (Å²) in [5.41, 5.74) is 12.5. The van der Waals surface area contributed by atoms with E-state index in [9.17, 15) is 0 Å². The fourth-order valence-electron chi connectivity index (χ4n) is 1.61. The Labute approximate surface area is 130 Å². The predicted octanol–water partition coefficient (Wildman–Crippen LogP) is 3.38. The van der Waals surface area contributed by atoms with Gasteiger partial charge >= 0.3 is 0 Å². The number of anilines is 2. The maximum absolute atomic E-state index is 5.88. The molecule has 114 valence electrons. The molecule has 0 aliphatic carbocycles. The largest absolute Gasteiger partial charge is 0.501 e. The van der Waals surface area contributed by atoms with Crippen molar-refractivity contribution in [3.63, 3.8) is 0 Å². The molecule has 0 amide bonds. The molecular formula is C15H22N4OS. The molecule has 1 aromatic heterocycles. The molecule has 0 aliphatic rings. The average molecular weight is 306 g/mol. The third-order valence-corrected chi connectivity index (χ3v) is 3.95. The van der Waals surface area contributed by atoms with Crippen molar-refractivity contribution in [3.8, 4) is 0 Å². The highest BCUT2D eigenvalue weighted by Crippen LogP contribution is 2.35. The van der Waals surface area contributed by atoms with Crippen LogP contribution in [0.2, 0.25) is 0 Å². The zero-order valence-corrected chi connectivity index (χ0v) is 13.7. The maximum Gasteiger partial charge on any atom is 0.221 e. The van der Waals surface area contributed by atoms with Gasteiger partial charge in [0, 0.05) is 11.1 Å². The number of nitrogens with two attached hydrogens (primary N) is 2. The number of nitrogens with zero attached hydrogens (tertiary/aromatic N) is 2. The van der Waals surface area contributed by atoms with Crippen LogP contribution in [0.25, 0.3) is 0 Å². The molecule has 21 heavy (non-hydrogen) atoms. The van der Waals surface area contributed by atoms with Gasteiger partial charge in [-0.3, -0.25) is 0 Å². The van der Waals surface area contributed by atoms with Gasteiger partial charge in [0.05, 0.1) is 17.8 Å². The van der Waals surface area contributed by atoms with Crippen LogP contribution in [0.5, 0.6) is 0 Å². The maximum atomic E-state index is 5.88. The number of nitrogen functional groups attached to an aromatic ring is 2. The second kappa shape index (κ2) is 7.73. The van der Waals surface area contributed by atoms with Crippen LogP contribution in [0.15, 0.2) is 46.1 Å². The van der Waals surface area contributed by atoms with Crippen molar-refractivity contribution in [3.05, 3.63) is 41.2 Å². The number of aromatic nitrogens is 2. The number of thioether (sulfide) groups is 1. The third-order valence-electron chi connectivity index (χ3n) is 2.79. The molecule has 0 spiro atoms. The van der Waals surface area contributed by atoms with Crippen molar-refractivity contribution in [1.29, 1.82) is 0 Å². The molecule has 0 radical (unpaired) electrons. The highest BCUT2D eigenvalue weighted by molar-refractivity contribution is 8.03. The summed E-state index contributed by atoms with van der Waals surface area (Å²) in [6.45, 7) is 10.0. The Morgan fingerprint density at radius 3 is 2.57 bits per heavy atom. The van der Waals surface area contributed by atoms with Crippen LogP contribution in [0.4, 0.5) is 11.8 Å². The van der Waals surface area contributed by atoms with Gasteiger partial charge < -0.3 is 16.2 Å². The van der Waals surface area contributed by atoms with Gasteiger partial charge in [-0.1, -0.05) is 38.3 Å². The summed E-state index contributed by atoms with van der Waals surface area (Å²) in [4.78, 5) is 9.68. The normalized spacial score (nSPS) is 13.1. The van der Waals surface area contributed by atoms with Gasteiger partial charge in [-0.2, -0.15) is 4.98 Å². The van der Waals surface area contributed by atoms with Crippen LogP contribution in [-0.2, 0) is 4.74 Å². The van der Waals surface area contributed by atoms with E-state index >= 15 is 0 Å². The number of ether oxygens (including phenoxy) is 1. The van der Waals surface area contributed by atoms with Crippen LogP contribution < -0.4 is 11.5 Å². The smallest absolute Gasteiger partial charge is 0.221 e. The van der Waals surface area contributed by atoms with E-state index in [0.717, 1.165) is 21.1 Å². The van der Waals surface area contributed by atoms with E-state index in [-0.39, 0.29) is 5.95 Å². The Bertz CT molecular complexity index is 579. The Morgan fingerprint density at radius 2 is 2.10 bits per heavy atom. The minimum atomic E-state index is 0.167. The summed E-state index contributed by atoms with van der Waals surface area (Å²) in [5.74, 6) is 1.68. The van der Waals surface area contributed by atoms with Crippen LogP contribution in [0.3, 0.4) is 0 Å². The zero-order valence-electron chi connectivity index (χ0n) is 12.9. The van der Waals surface area contributed by atoms with Crippen LogP contribution in [-0.4, -0.2) is 17.1 Å². The van der Waals surface area contributed by atoms with E-state index in [1.165, 1.54) is 11.8 Å². The molecule has 0 fully saturated rings. The lowest BCUT2D eigenvalue weighted by molar-refractivity contribution is 0.293. The average Bonchev–Trinajstić information content (AvgIpc) is 2.44. The van der Waals surface area contributed by atoms with E-state index in [2.05, 4.69) is 30.4 Å². The molecule has 4 N–H and O–H groups in total. The second-order valence-electron chi connectivity index (χ2n) is 4.72. The standard InChI is InChI=1S/C15H22N4OS/c1-6-12(11(9(2)3)7-10(4)20-5)21-13-8-18-15(17)19-14(13)16/h6-9H,1H2,2-5H3,(H4,16,17,18,19)/b10-7+,12-11-. The quantitative estimate of drug-likeness (QED) is 0.476. The summed E-state index contributed by atoms with van der Waals surface area (Å²) in [7, 11) is 1.65. The highest BCUT2D eigenvalue weighted by Gasteiger charge is 2.11. The van der Waals surface area contributed by atoms with Gasteiger partial charge in [-0.25, -0.2) is 4.98 Å². The Kier molecular flexibility index (Phi) is 6.30. The molecule has 5 nitrogen and oxygen atoms in total. The number of hydrogen-bond acceptors (Lipinski definition) is 6. The molecule has 0 saturated heterocycles. The first-order valence-corrected chi connectivity index (χ1v) is 7.35. The van der Waals surface area contributed by atoms with E-state index in [0.29, 0.717) is 11.7 Å². The van der Waals surface area contributed by atoms with Crippen LogP contribution in [0, 0.1) is 5.92 Å². The number of hydrogen-bond donors (Lipinski definition) is 2. The Balaban J connectivity index is 3.24. The summed E-state index contributed by atoms with van der Waals surface area (Å²) < 4.78 is 5.23. The number of allylic oxidation sites excluding steroid dienone is 4. The van der Waals surface area contributed by atoms with Gasteiger partial charge in [0.15, 0.2) is 0 Å². The first-order chi connectivity index (χ1) is 9.88. The minimum Gasteiger partial charge on any atom is -0.501 e. The summed E-state index contributed by atoms with van der Waals surface area (Å²) >= 11 is 1.47. The highest BCUT2D eigenvalue weighted by atomic mass is 32.2. The molecule has 0 aromatic carbocycles. The first-order valence-electron chi connectivity index (χ1n) is 6.53. The van der Waals surface area contributed by atoms with Crippen molar-refractivity contribution in [2.45, 2.75) is 25.7 Å². The lowest BCUT2D eigenvalue weighted by atomic mass is 10.0. The minimum absolute atomic E-state index is 0.167. The second-order valence-corrected chi connectivity index (χ2v) is 5.80.